The number of pyridine rings is 2. The van der Waals surface area contributed by atoms with Crippen molar-refractivity contribution in [2.24, 2.45) is 0 Å². The highest BCUT2D eigenvalue weighted by atomic mass is 15.2. The highest BCUT2D eigenvalue weighted by Crippen LogP contribution is 2.49. The summed E-state index contributed by atoms with van der Waals surface area (Å²) >= 11 is 0. The molecule has 3 nitrogen and oxygen atoms in total. The van der Waals surface area contributed by atoms with Crippen LogP contribution in [0.1, 0.15) is 102 Å². The first kappa shape index (κ1) is 29.7. The van der Waals surface area contributed by atoms with Gasteiger partial charge in [0.1, 0.15) is 11.7 Å². The Morgan fingerprint density at radius 3 is 2.11 bits per heavy atom. The molecule has 1 aliphatic heterocycles. The van der Waals surface area contributed by atoms with E-state index in [1.54, 1.807) is 0 Å². The van der Waals surface area contributed by atoms with Gasteiger partial charge in [0.05, 0.1) is 16.6 Å². The maximum Gasteiger partial charge on any atom is 0.287 e. The summed E-state index contributed by atoms with van der Waals surface area (Å²) < 4.78 is 5.10. The predicted molar refractivity (Wildman–Crippen MR) is 193 cm³/mol. The van der Waals surface area contributed by atoms with Gasteiger partial charge in [0, 0.05) is 22.4 Å². The largest absolute Gasteiger partial charge is 0.287 e. The molecule has 45 heavy (non-hydrogen) atoms. The predicted octanol–water partition coefficient (Wildman–Crippen LogP) is 10.8. The normalized spacial score (nSPS) is 15.0. The summed E-state index contributed by atoms with van der Waals surface area (Å²) in [5, 5.41) is 3.68. The van der Waals surface area contributed by atoms with Crippen LogP contribution in [0.5, 0.6) is 0 Å². The minimum absolute atomic E-state index is 0.0331. The van der Waals surface area contributed by atoms with E-state index in [9.17, 15) is 0 Å². The number of aromatic nitrogens is 3. The SMILES string of the molecule is C=C1c2cc3cc(-c4c(C)cc(C)cc4C)ccc3c3nc(C(C)(C)C)c4c(c23)[n+](c2ccc(C(C)(C)C)cn42)C1(CC)CC. The number of fused-ring (bicyclic) bond motifs is 5. The van der Waals surface area contributed by atoms with Gasteiger partial charge in [-0.3, -0.25) is 0 Å². The Balaban J connectivity index is 1.71. The molecule has 0 N–H and O–H groups in total. The van der Waals surface area contributed by atoms with Gasteiger partial charge in [-0.25, -0.2) is 9.55 Å². The van der Waals surface area contributed by atoms with E-state index >= 15 is 0 Å². The first-order chi connectivity index (χ1) is 21.1. The summed E-state index contributed by atoms with van der Waals surface area (Å²) in [6.45, 7) is 30.0. The van der Waals surface area contributed by atoms with Gasteiger partial charge >= 0.3 is 0 Å². The molecule has 0 bridgehead atoms. The Morgan fingerprint density at radius 1 is 0.844 bits per heavy atom. The lowest BCUT2D eigenvalue weighted by Gasteiger charge is -2.36. The molecule has 6 aromatic rings. The third-order valence-electron chi connectivity index (χ3n) is 10.7. The lowest BCUT2D eigenvalue weighted by molar-refractivity contribution is -0.703. The molecule has 0 unspecified atom stereocenters. The third kappa shape index (κ3) is 4.02. The summed E-state index contributed by atoms with van der Waals surface area (Å²) in [6, 6.07) is 18.7. The first-order valence-electron chi connectivity index (χ1n) is 16.7. The van der Waals surface area contributed by atoms with Crippen LogP contribution in [0.4, 0.5) is 0 Å². The summed E-state index contributed by atoms with van der Waals surface area (Å²) in [4.78, 5) is 5.66. The number of benzene rings is 3. The van der Waals surface area contributed by atoms with Crippen LogP contribution in [0.25, 0.3) is 55.1 Å². The van der Waals surface area contributed by atoms with Crippen LogP contribution < -0.4 is 4.57 Å². The van der Waals surface area contributed by atoms with Crippen molar-refractivity contribution < 1.29 is 4.57 Å². The van der Waals surface area contributed by atoms with Gasteiger partial charge in [0.15, 0.2) is 5.52 Å². The van der Waals surface area contributed by atoms with Crippen LogP contribution in [-0.2, 0) is 16.4 Å². The van der Waals surface area contributed by atoms with E-state index in [2.05, 4.69) is 140 Å². The van der Waals surface area contributed by atoms with Gasteiger partial charge in [-0.1, -0.05) is 91.8 Å². The van der Waals surface area contributed by atoms with Crippen molar-refractivity contribution >= 4 is 43.9 Å². The topological polar surface area (TPSA) is 21.2 Å². The fourth-order valence-electron chi connectivity index (χ4n) is 8.36. The van der Waals surface area contributed by atoms with Gasteiger partial charge < -0.3 is 0 Å². The summed E-state index contributed by atoms with van der Waals surface area (Å²) in [7, 11) is 0. The number of hydrogen-bond donors (Lipinski definition) is 0. The van der Waals surface area contributed by atoms with E-state index < -0.39 is 0 Å². The first-order valence-corrected chi connectivity index (χ1v) is 16.7. The van der Waals surface area contributed by atoms with E-state index in [4.69, 9.17) is 11.6 Å². The third-order valence-corrected chi connectivity index (χ3v) is 10.7. The van der Waals surface area contributed by atoms with Crippen molar-refractivity contribution in [3.63, 3.8) is 0 Å². The Bertz CT molecular complexity index is 2220. The zero-order valence-corrected chi connectivity index (χ0v) is 29.2. The Hall–Kier alpha value is -3.98. The zero-order valence-electron chi connectivity index (χ0n) is 29.2. The number of rotatable bonds is 3. The van der Waals surface area contributed by atoms with Crippen molar-refractivity contribution in [3.8, 4) is 11.1 Å². The quantitative estimate of drug-likeness (QED) is 0.147. The molecule has 0 spiro atoms. The zero-order chi connectivity index (χ0) is 32.4. The van der Waals surface area contributed by atoms with Crippen LogP contribution in [-0.4, -0.2) is 9.38 Å². The van der Waals surface area contributed by atoms with Crippen LogP contribution in [0.3, 0.4) is 0 Å². The maximum atomic E-state index is 5.66. The van der Waals surface area contributed by atoms with Crippen molar-refractivity contribution in [1.29, 1.82) is 0 Å². The molecule has 0 atom stereocenters. The molecule has 3 aromatic heterocycles. The minimum Gasteiger partial charge on any atom is -0.247 e. The Morgan fingerprint density at radius 2 is 1.51 bits per heavy atom. The summed E-state index contributed by atoms with van der Waals surface area (Å²) in [6.07, 6.45) is 4.31. The molecule has 3 aromatic carbocycles. The minimum atomic E-state index is -0.234. The van der Waals surface area contributed by atoms with Crippen molar-refractivity contribution in [3.05, 3.63) is 94.8 Å². The highest BCUT2D eigenvalue weighted by molar-refractivity contribution is 6.19. The van der Waals surface area contributed by atoms with Crippen LogP contribution in [0, 0.1) is 20.8 Å². The molecule has 0 amide bonds. The molecule has 0 radical (unpaired) electrons. The molecule has 0 fully saturated rings. The van der Waals surface area contributed by atoms with E-state index in [1.165, 1.54) is 77.4 Å². The maximum absolute atomic E-state index is 5.66. The molecule has 230 valence electrons. The van der Waals surface area contributed by atoms with Crippen molar-refractivity contribution in [2.45, 2.75) is 105 Å². The van der Waals surface area contributed by atoms with Crippen molar-refractivity contribution in [2.75, 3.05) is 0 Å². The monoisotopic (exact) mass is 594 g/mol. The molecular weight excluding hydrogens is 546 g/mol. The van der Waals surface area contributed by atoms with Crippen LogP contribution in [0.2, 0.25) is 0 Å². The lowest BCUT2D eigenvalue weighted by atomic mass is 9.76. The molecule has 0 aliphatic carbocycles. The fraction of sp³-hybridized carbons (Fsp3) is 0.381. The number of allylic oxidation sites excluding steroid dienone is 1. The standard InChI is InChI=1S/C42H48N3/c1-13-42(14-2)27(6)32-22-29-21-28(34-25(4)19-24(3)20-26(34)5)15-17-31(29)36-35(32)37-38(39(43-36)41(10,11)12)44-23-30(40(7,8)9)16-18-33(44)45(37)42/h15-23H,6,13-14H2,1-5,7-12H3/q+1. The van der Waals surface area contributed by atoms with E-state index in [-0.39, 0.29) is 16.4 Å². The number of imidazole rings is 1. The van der Waals surface area contributed by atoms with Gasteiger partial charge in [-0.2, -0.15) is 4.40 Å². The smallest absolute Gasteiger partial charge is 0.247 e. The number of nitrogens with zero attached hydrogens (tertiary/aromatic N) is 3. The second-order valence-electron chi connectivity index (χ2n) is 15.7. The number of aryl methyl sites for hydroxylation is 3. The average molecular weight is 595 g/mol. The van der Waals surface area contributed by atoms with E-state index in [0.29, 0.717) is 0 Å². The summed E-state index contributed by atoms with van der Waals surface area (Å²) in [5.74, 6) is 0. The second-order valence-corrected chi connectivity index (χ2v) is 15.7. The Kier molecular flexibility index (Phi) is 6.28. The van der Waals surface area contributed by atoms with Crippen LogP contribution >= 0.6 is 0 Å². The summed E-state index contributed by atoms with van der Waals surface area (Å²) in [5.41, 5.74) is 15.9. The molecule has 4 heterocycles. The fourth-order valence-corrected chi connectivity index (χ4v) is 8.36. The molecule has 0 saturated heterocycles. The number of hydrogen-bond acceptors (Lipinski definition) is 1. The van der Waals surface area contributed by atoms with Gasteiger partial charge in [0.25, 0.3) is 5.65 Å². The van der Waals surface area contributed by atoms with E-state index in [0.717, 1.165) is 24.1 Å². The Labute approximate surface area is 268 Å². The average Bonchev–Trinajstić information content (AvgIpc) is 3.30. The molecular formula is C42H48N3+. The van der Waals surface area contributed by atoms with Gasteiger partial charge in [-0.15, -0.1) is 0 Å². The van der Waals surface area contributed by atoms with E-state index in [1.807, 2.05) is 0 Å². The molecule has 3 heteroatoms. The molecule has 1 aliphatic rings. The molecule has 0 saturated carbocycles. The van der Waals surface area contributed by atoms with Crippen LogP contribution in [0.15, 0.2) is 61.3 Å². The highest BCUT2D eigenvalue weighted by Gasteiger charge is 2.47. The molecule has 7 rings (SSSR count). The van der Waals surface area contributed by atoms with Gasteiger partial charge in [0.2, 0.25) is 5.52 Å². The lowest BCUT2D eigenvalue weighted by Crippen LogP contribution is -2.57. The van der Waals surface area contributed by atoms with Crippen molar-refractivity contribution in [1.82, 2.24) is 9.38 Å². The second kappa shape index (κ2) is 9.52. The van der Waals surface area contributed by atoms with Gasteiger partial charge in [-0.05, 0) is 96.0 Å².